The molecule has 1 atom stereocenters. The zero-order valence-electron chi connectivity index (χ0n) is 14.7. The van der Waals surface area contributed by atoms with Gasteiger partial charge in [0.05, 0.1) is 25.6 Å². The molecule has 0 aromatic heterocycles. The Hall–Kier alpha value is -1.90. The van der Waals surface area contributed by atoms with Crippen LogP contribution in [-0.2, 0) is 4.79 Å². The van der Waals surface area contributed by atoms with E-state index >= 15 is 0 Å². The Morgan fingerprint density at radius 1 is 1.38 bits per heavy atom. The zero-order valence-corrected chi connectivity index (χ0v) is 14.7. The topological polar surface area (TPSA) is 67.6 Å². The van der Waals surface area contributed by atoms with E-state index in [2.05, 4.69) is 11.0 Å². The maximum Gasteiger partial charge on any atom is 0.241 e. The van der Waals surface area contributed by atoms with Gasteiger partial charge in [0.1, 0.15) is 0 Å². The van der Waals surface area contributed by atoms with E-state index < -0.39 is 0 Å². The zero-order chi connectivity index (χ0) is 17.5. The van der Waals surface area contributed by atoms with Crippen molar-refractivity contribution in [3.05, 3.63) is 29.3 Å². The largest absolute Gasteiger partial charge is 0.395 e. The summed E-state index contributed by atoms with van der Waals surface area (Å²) in [4.78, 5) is 16.7. The average molecular weight is 329 g/mol. The Labute approximate surface area is 144 Å². The fourth-order valence-corrected chi connectivity index (χ4v) is 3.19. The molecule has 1 amide bonds. The van der Waals surface area contributed by atoms with Crippen molar-refractivity contribution >= 4 is 11.6 Å². The molecule has 5 nitrogen and oxygen atoms in total. The van der Waals surface area contributed by atoms with E-state index in [0.717, 1.165) is 37.1 Å². The first kappa shape index (κ1) is 18.4. The van der Waals surface area contributed by atoms with Gasteiger partial charge in [-0.05, 0) is 56.5 Å². The molecule has 24 heavy (non-hydrogen) atoms. The molecule has 1 aromatic carbocycles. The van der Waals surface area contributed by atoms with Crippen LogP contribution in [0.3, 0.4) is 0 Å². The van der Waals surface area contributed by atoms with Crippen LogP contribution in [0.2, 0.25) is 0 Å². The number of aliphatic hydroxyl groups is 1. The molecule has 2 rings (SSSR count). The summed E-state index contributed by atoms with van der Waals surface area (Å²) in [6.45, 7) is 5.70. The van der Waals surface area contributed by atoms with Crippen LogP contribution in [0.25, 0.3) is 0 Å². The summed E-state index contributed by atoms with van der Waals surface area (Å²) >= 11 is 0. The molecule has 0 spiro atoms. The number of carbonyl (C=O) groups excluding carboxylic acids is 1. The van der Waals surface area contributed by atoms with Gasteiger partial charge in [-0.1, -0.05) is 12.5 Å². The van der Waals surface area contributed by atoms with Gasteiger partial charge in [0.2, 0.25) is 5.91 Å². The van der Waals surface area contributed by atoms with Crippen LogP contribution < -0.4 is 4.90 Å². The van der Waals surface area contributed by atoms with Crippen LogP contribution in [0.4, 0.5) is 5.69 Å². The molecule has 1 saturated heterocycles. The molecule has 5 heteroatoms. The van der Waals surface area contributed by atoms with Gasteiger partial charge >= 0.3 is 0 Å². The second-order valence-electron chi connectivity index (χ2n) is 6.52. The number of amides is 1. The van der Waals surface area contributed by atoms with Crippen molar-refractivity contribution in [2.24, 2.45) is 0 Å². The Balaban J connectivity index is 2.15. The highest BCUT2D eigenvalue weighted by molar-refractivity contribution is 5.95. The second-order valence-corrected chi connectivity index (χ2v) is 6.52. The van der Waals surface area contributed by atoms with Crippen LogP contribution in [0.15, 0.2) is 18.2 Å². The summed E-state index contributed by atoms with van der Waals surface area (Å²) in [6, 6.07) is 8.15. The number of nitrogens with zero attached hydrogens (tertiary/aromatic N) is 3. The third-order valence-electron chi connectivity index (χ3n) is 4.85. The van der Waals surface area contributed by atoms with Crippen molar-refractivity contribution in [3.63, 3.8) is 0 Å². The molecule has 1 aromatic rings. The maximum atomic E-state index is 12.9. The monoisotopic (exact) mass is 329 g/mol. The third-order valence-corrected chi connectivity index (χ3v) is 4.85. The molecule has 0 radical (unpaired) electrons. The number of piperidine rings is 1. The third kappa shape index (κ3) is 4.56. The van der Waals surface area contributed by atoms with E-state index in [9.17, 15) is 9.90 Å². The molecule has 1 aliphatic rings. The number of likely N-dealkylation sites (tertiary alicyclic amines) is 1. The maximum absolute atomic E-state index is 12.9. The molecule has 1 fully saturated rings. The van der Waals surface area contributed by atoms with Crippen LogP contribution in [0.1, 0.15) is 36.8 Å². The van der Waals surface area contributed by atoms with E-state index in [4.69, 9.17) is 5.26 Å². The van der Waals surface area contributed by atoms with Crippen LogP contribution in [-0.4, -0.2) is 48.2 Å². The lowest BCUT2D eigenvalue weighted by Crippen LogP contribution is -2.48. The first-order valence-corrected chi connectivity index (χ1v) is 8.66. The van der Waals surface area contributed by atoms with Crippen molar-refractivity contribution in [2.45, 2.75) is 45.6 Å². The molecule has 0 unspecified atom stereocenters. The molecule has 0 saturated carbocycles. The molecular weight excluding hydrogens is 302 g/mol. The molecule has 1 aliphatic heterocycles. The lowest BCUT2D eigenvalue weighted by molar-refractivity contribution is -0.120. The highest BCUT2D eigenvalue weighted by Gasteiger charge is 2.26. The van der Waals surface area contributed by atoms with Crippen molar-refractivity contribution in [1.82, 2.24) is 4.90 Å². The summed E-state index contributed by atoms with van der Waals surface area (Å²) < 4.78 is 0. The summed E-state index contributed by atoms with van der Waals surface area (Å²) in [5, 5.41) is 18.4. The van der Waals surface area contributed by atoms with Crippen molar-refractivity contribution < 1.29 is 9.90 Å². The quantitative estimate of drug-likeness (QED) is 0.870. The number of hydrogen-bond acceptors (Lipinski definition) is 4. The fraction of sp³-hybridized carbons (Fsp3) is 0.579. The number of rotatable bonds is 6. The Bertz CT molecular complexity index is 609. The Morgan fingerprint density at radius 2 is 2.17 bits per heavy atom. The number of benzene rings is 1. The van der Waals surface area contributed by atoms with Gasteiger partial charge in [-0.25, -0.2) is 0 Å². The number of aliphatic hydroxyl groups excluding tert-OH is 1. The highest BCUT2D eigenvalue weighted by atomic mass is 16.3. The lowest BCUT2D eigenvalue weighted by Gasteiger charge is -2.35. The Morgan fingerprint density at radius 3 is 2.83 bits per heavy atom. The summed E-state index contributed by atoms with van der Waals surface area (Å²) in [7, 11) is 0. The lowest BCUT2D eigenvalue weighted by atomic mass is 10.0. The normalized spacial score (nSPS) is 18.2. The molecule has 1 N–H and O–H groups in total. The van der Waals surface area contributed by atoms with E-state index in [1.54, 1.807) is 4.90 Å². The number of hydrogen-bond donors (Lipinski definition) is 1. The van der Waals surface area contributed by atoms with Gasteiger partial charge in [-0.15, -0.1) is 0 Å². The standard InChI is InChI=1S/C19H27N3O2/c1-15-7-8-17(12-16(15)2)22(11-5-9-20)19(24)13-21-10-4-3-6-18(21)14-23/h7-8,12,18,23H,3-6,10-11,13-14H2,1-2H3/t18-/m1/s1. The Kier molecular flexibility index (Phi) is 6.77. The first-order chi connectivity index (χ1) is 11.6. The van der Waals surface area contributed by atoms with Crippen LogP contribution in [0.5, 0.6) is 0 Å². The average Bonchev–Trinajstić information content (AvgIpc) is 2.58. The second kappa shape index (κ2) is 8.81. The summed E-state index contributed by atoms with van der Waals surface area (Å²) in [5.41, 5.74) is 3.16. The predicted molar refractivity (Wildman–Crippen MR) is 94.8 cm³/mol. The van der Waals surface area contributed by atoms with Crippen molar-refractivity contribution in [1.29, 1.82) is 5.26 Å². The number of nitriles is 1. The van der Waals surface area contributed by atoms with Crippen molar-refractivity contribution in [2.75, 3.05) is 31.1 Å². The first-order valence-electron chi connectivity index (χ1n) is 8.66. The van der Waals surface area contributed by atoms with Crippen LogP contribution in [0, 0.1) is 25.2 Å². The van der Waals surface area contributed by atoms with Gasteiger partial charge in [0, 0.05) is 18.3 Å². The van der Waals surface area contributed by atoms with Gasteiger partial charge in [-0.3, -0.25) is 9.69 Å². The minimum Gasteiger partial charge on any atom is -0.395 e. The van der Waals surface area contributed by atoms with E-state index in [0.29, 0.717) is 19.5 Å². The smallest absolute Gasteiger partial charge is 0.241 e. The predicted octanol–water partition coefficient (Wildman–Crippen LogP) is 2.40. The summed E-state index contributed by atoms with van der Waals surface area (Å²) in [6.07, 6.45) is 3.41. The van der Waals surface area contributed by atoms with Crippen molar-refractivity contribution in [3.8, 4) is 6.07 Å². The van der Waals surface area contributed by atoms with Gasteiger partial charge < -0.3 is 10.0 Å². The SMILES string of the molecule is Cc1ccc(N(CCC#N)C(=O)CN2CCCC[C@@H]2CO)cc1C. The highest BCUT2D eigenvalue weighted by Crippen LogP contribution is 2.21. The van der Waals surface area contributed by atoms with Gasteiger partial charge in [0.15, 0.2) is 0 Å². The fourth-order valence-electron chi connectivity index (χ4n) is 3.19. The molecule has 0 aliphatic carbocycles. The number of aryl methyl sites for hydroxylation is 2. The number of anilines is 1. The molecular formula is C19H27N3O2. The van der Waals surface area contributed by atoms with E-state index in [-0.39, 0.29) is 18.6 Å². The summed E-state index contributed by atoms with van der Waals surface area (Å²) in [5.74, 6) is -0.00569. The van der Waals surface area contributed by atoms with E-state index in [1.807, 2.05) is 32.0 Å². The number of carbonyl (C=O) groups is 1. The molecule has 1 heterocycles. The van der Waals surface area contributed by atoms with Crippen LogP contribution >= 0.6 is 0 Å². The minimum absolute atomic E-state index is 0.00569. The van der Waals surface area contributed by atoms with E-state index in [1.165, 1.54) is 5.56 Å². The van der Waals surface area contributed by atoms with Gasteiger partial charge in [0.25, 0.3) is 0 Å². The molecule has 130 valence electrons. The molecule has 0 bridgehead atoms. The van der Waals surface area contributed by atoms with Gasteiger partial charge in [-0.2, -0.15) is 5.26 Å². The minimum atomic E-state index is -0.00569.